The zero-order chi connectivity index (χ0) is 15.5. The van der Waals surface area contributed by atoms with Gasteiger partial charge < -0.3 is 14.4 Å². The first-order valence-electron chi connectivity index (χ1n) is 7.32. The molecule has 1 aromatic rings. The first-order valence-corrected chi connectivity index (χ1v) is 7.32. The Morgan fingerprint density at radius 2 is 2.36 bits per heavy atom. The highest BCUT2D eigenvalue weighted by Gasteiger charge is 2.36. The third kappa shape index (κ3) is 2.67. The maximum atomic E-state index is 12.2. The molecule has 22 heavy (non-hydrogen) atoms. The van der Waals surface area contributed by atoms with Gasteiger partial charge in [-0.3, -0.25) is 4.79 Å². The Morgan fingerprint density at radius 3 is 3.14 bits per heavy atom. The lowest BCUT2D eigenvalue weighted by Gasteiger charge is -2.33. The molecule has 0 aromatic heterocycles. The van der Waals surface area contributed by atoms with Gasteiger partial charge in [-0.1, -0.05) is 17.2 Å². The number of hydrogen-bond donors (Lipinski definition) is 0. The largest absolute Gasteiger partial charge is 0.493 e. The van der Waals surface area contributed by atoms with Crippen molar-refractivity contribution < 1.29 is 14.3 Å². The topological polar surface area (TPSA) is 87.5 Å². The molecule has 1 amide bonds. The van der Waals surface area contributed by atoms with E-state index in [4.69, 9.17) is 15.0 Å². The fraction of sp³-hybridized carbons (Fsp3) is 0.533. The number of rotatable bonds is 4. The predicted octanol–water partition coefficient (Wildman–Crippen LogP) is 2.16. The van der Waals surface area contributed by atoms with E-state index in [-0.39, 0.29) is 17.9 Å². The summed E-state index contributed by atoms with van der Waals surface area (Å²) in [6, 6.07) is 5.83. The second-order valence-corrected chi connectivity index (χ2v) is 5.65. The average Bonchev–Trinajstić information content (AvgIpc) is 2.92. The van der Waals surface area contributed by atoms with E-state index >= 15 is 0 Å². The van der Waals surface area contributed by atoms with Gasteiger partial charge >= 0.3 is 0 Å². The maximum Gasteiger partial charge on any atom is 0.223 e. The summed E-state index contributed by atoms with van der Waals surface area (Å²) in [6.45, 7) is 1.47. The van der Waals surface area contributed by atoms with Gasteiger partial charge in [0, 0.05) is 30.0 Å². The molecule has 0 N–H and O–H groups in total. The number of hydrogen-bond acceptors (Lipinski definition) is 4. The molecular formula is C15H18N4O3. The highest BCUT2D eigenvalue weighted by Crippen LogP contribution is 2.36. The van der Waals surface area contributed by atoms with E-state index in [9.17, 15) is 4.79 Å². The SMILES string of the molecule is COc1cccc2c1OCC(N1CC(CN=[N+]=[N-])CC1=O)C2. The van der Waals surface area contributed by atoms with Crippen LogP contribution in [0.2, 0.25) is 0 Å². The van der Waals surface area contributed by atoms with Gasteiger partial charge in [-0.05, 0) is 23.9 Å². The molecule has 116 valence electrons. The summed E-state index contributed by atoms with van der Waals surface area (Å²) in [4.78, 5) is 16.8. The molecule has 2 heterocycles. The van der Waals surface area contributed by atoms with E-state index in [2.05, 4.69) is 10.0 Å². The first-order chi connectivity index (χ1) is 10.7. The van der Waals surface area contributed by atoms with Crippen LogP contribution in [-0.4, -0.2) is 43.7 Å². The lowest BCUT2D eigenvalue weighted by molar-refractivity contribution is -0.130. The van der Waals surface area contributed by atoms with Gasteiger partial charge in [-0.25, -0.2) is 0 Å². The Hall–Kier alpha value is -2.40. The number of methoxy groups -OCH3 is 1. The predicted molar refractivity (Wildman–Crippen MR) is 79.8 cm³/mol. The van der Waals surface area contributed by atoms with Gasteiger partial charge in [0.25, 0.3) is 0 Å². The van der Waals surface area contributed by atoms with Crippen molar-refractivity contribution in [3.05, 3.63) is 34.2 Å². The summed E-state index contributed by atoms with van der Waals surface area (Å²) in [5.74, 6) is 1.72. The van der Waals surface area contributed by atoms with E-state index in [0.29, 0.717) is 26.1 Å². The Balaban J connectivity index is 1.72. The highest BCUT2D eigenvalue weighted by molar-refractivity contribution is 5.79. The fourth-order valence-electron chi connectivity index (χ4n) is 3.17. The molecule has 0 radical (unpaired) electrons. The van der Waals surface area contributed by atoms with Gasteiger partial charge in [0.05, 0.1) is 13.2 Å². The van der Waals surface area contributed by atoms with E-state index in [1.807, 2.05) is 23.1 Å². The number of fused-ring (bicyclic) bond motifs is 1. The Kier molecular flexibility index (Phi) is 4.06. The average molecular weight is 302 g/mol. The number of benzene rings is 1. The zero-order valence-corrected chi connectivity index (χ0v) is 12.4. The van der Waals surface area contributed by atoms with Crippen molar-refractivity contribution in [1.82, 2.24) is 4.90 Å². The van der Waals surface area contributed by atoms with Crippen LogP contribution in [0.4, 0.5) is 0 Å². The van der Waals surface area contributed by atoms with Crippen LogP contribution >= 0.6 is 0 Å². The maximum absolute atomic E-state index is 12.2. The fourth-order valence-corrected chi connectivity index (χ4v) is 3.17. The van der Waals surface area contributed by atoms with E-state index in [1.54, 1.807) is 7.11 Å². The first kappa shape index (κ1) is 14.5. The summed E-state index contributed by atoms with van der Waals surface area (Å²) in [7, 11) is 1.62. The van der Waals surface area contributed by atoms with Gasteiger partial charge in [-0.15, -0.1) is 0 Å². The number of para-hydroxylation sites is 1. The Bertz CT molecular complexity index is 627. The van der Waals surface area contributed by atoms with E-state index in [0.717, 1.165) is 23.5 Å². The molecule has 0 bridgehead atoms. The van der Waals surface area contributed by atoms with Crippen LogP contribution in [0, 0.1) is 5.92 Å². The minimum Gasteiger partial charge on any atom is -0.493 e. The number of carbonyl (C=O) groups is 1. The third-order valence-corrected chi connectivity index (χ3v) is 4.24. The second kappa shape index (κ2) is 6.15. The van der Waals surface area contributed by atoms with Crippen molar-refractivity contribution in [2.75, 3.05) is 26.8 Å². The normalized spacial score (nSPS) is 23.5. The van der Waals surface area contributed by atoms with Gasteiger partial charge in [0.2, 0.25) is 5.91 Å². The van der Waals surface area contributed by atoms with E-state index in [1.165, 1.54) is 0 Å². The molecule has 2 unspecified atom stereocenters. The zero-order valence-electron chi connectivity index (χ0n) is 12.4. The second-order valence-electron chi connectivity index (χ2n) is 5.65. The third-order valence-electron chi connectivity index (χ3n) is 4.24. The van der Waals surface area contributed by atoms with Crippen molar-refractivity contribution in [3.63, 3.8) is 0 Å². The quantitative estimate of drug-likeness (QED) is 0.485. The van der Waals surface area contributed by atoms with Crippen LogP contribution in [0.3, 0.4) is 0 Å². The van der Waals surface area contributed by atoms with Crippen LogP contribution in [0.25, 0.3) is 10.4 Å². The summed E-state index contributed by atoms with van der Waals surface area (Å²) in [5, 5.41) is 3.58. The molecule has 7 heteroatoms. The number of nitrogens with zero attached hydrogens (tertiary/aromatic N) is 4. The summed E-state index contributed by atoms with van der Waals surface area (Å²) in [6.07, 6.45) is 1.20. The lowest BCUT2D eigenvalue weighted by Crippen LogP contribution is -2.44. The van der Waals surface area contributed by atoms with Crippen molar-refractivity contribution >= 4 is 5.91 Å². The number of azide groups is 1. The number of carbonyl (C=O) groups excluding carboxylic acids is 1. The van der Waals surface area contributed by atoms with Crippen LogP contribution in [0.1, 0.15) is 12.0 Å². The standard InChI is InChI=1S/C15H18N4O3/c1-21-13-4-2-3-11-6-12(9-22-15(11)13)19-8-10(5-14(19)20)7-17-18-16/h2-4,10,12H,5-9H2,1H3. The van der Waals surface area contributed by atoms with Crippen LogP contribution in [0.5, 0.6) is 11.5 Å². The van der Waals surface area contributed by atoms with Crippen LogP contribution < -0.4 is 9.47 Å². The summed E-state index contributed by atoms with van der Waals surface area (Å²) >= 11 is 0. The Morgan fingerprint density at radius 1 is 1.50 bits per heavy atom. The smallest absolute Gasteiger partial charge is 0.223 e. The molecule has 2 atom stereocenters. The van der Waals surface area contributed by atoms with E-state index < -0.39 is 0 Å². The van der Waals surface area contributed by atoms with Crippen molar-refractivity contribution in [2.24, 2.45) is 11.0 Å². The minimum absolute atomic E-state index is 0.0307. The molecule has 1 saturated heterocycles. The molecule has 3 rings (SSSR count). The molecule has 2 aliphatic rings. The molecule has 0 saturated carbocycles. The Labute approximate surface area is 128 Å². The lowest BCUT2D eigenvalue weighted by atomic mass is 10.0. The van der Waals surface area contributed by atoms with Gasteiger partial charge in [0.15, 0.2) is 11.5 Å². The molecular weight excluding hydrogens is 284 g/mol. The number of amides is 1. The van der Waals surface area contributed by atoms with Crippen LogP contribution in [0.15, 0.2) is 23.3 Å². The van der Waals surface area contributed by atoms with Crippen molar-refractivity contribution in [3.8, 4) is 11.5 Å². The molecule has 1 fully saturated rings. The van der Waals surface area contributed by atoms with Crippen molar-refractivity contribution in [1.29, 1.82) is 0 Å². The minimum atomic E-state index is 0.0307. The number of likely N-dealkylation sites (tertiary alicyclic amines) is 1. The molecule has 0 spiro atoms. The number of ether oxygens (including phenoxy) is 2. The summed E-state index contributed by atoms with van der Waals surface area (Å²) in [5.41, 5.74) is 9.45. The monoisotopic (exact) mass is 302 g/mol. The molecule has 2 aliphatic heterocycles. The van der Waals surface area contributed by atoms with Gasteiger partial charge in [-0.2, -0.15) is 0 Å². The molecule has 0 aliphatic carbocycles. The molecule has 1 aromatic carbocycles. The van der Waals surface area contributed by atoms with Gasteiger partial charge in [0.1, 0.15) is 6.61 Å². The highest BCUT2D eigenvalue weighted by atomic mass is 16.5. The van der Waals surface area contributed by atoms with Crippen LogP contribution in [-0.2, 0) is 11.2 Å². The molecule has 7 nitrogen and oxygen atoms in total. The summed E-state index contributed by atoms with van der Waals surface area (Å²) < 4.78 is 11.1. The van der Waals surface area contributed by atoms with Crippen molar-refractivity contribution in [2.45, 2.75) is 18.9 Å².